The van der Waals surface area contributed by atoms with Crippen molar-refractivity contribution in [1.29, 1.82) is 5.26 Å². The standard InChI is InChI=1S/C16H15ClFNOS/c1-4-11(3)16(12(5-2)9-17)20-15-7-6-13(21-10-19)8-14(15)18/h4-8H,1,9H2,2-3H3/b12-5-,16-11+. The zero-order valence-electron chi connectivity index (χ0n) is 11.8. The van der Waals surface area contributed by atoms with Crippen molar-refractivity contribution in [3.05, 3.63) is 59.7 Å². The van der Waals surface area contributed by atoms with Crippen LogP contribution in [0.25, 0.3) is 0 Å². The molecule has 5 heteroatoms. The summed E-state index contributed by atoms with van der Waals surface area (Å²) in [6.45, 7) is 7.34. The maximum atomic E-state index is 14.0. The number of rotatable bonds is 6. The molecule has 0 radical (unpaired) electrons. The van der Waals surface area contributed by atoms with Gasteiger partial charge in [-0.05, 0) is 49.4 Å². The summed E-state index contributed by atoms with van der Waals surface area (Å²) in [4.78, 5) is 0.525. The van der Waals surface area contributed by atoms with Gasteiger partial charge in [-0.3, -0.25) is 0 Å². The Morgan fingerprint density at radius 1 is 1.57 bits per heavy atom. The number of hydrogen-bond donors (Lipinski definition) is 0. The maximum Gasteiger partial charge on any atom is 0.166 e. The van der Waals surface area contributed by atoms with Crippen LogP contribution in [0.4, 0.5) is 4.39 Å². The number of nitriles is 1. The number of thioether (sulfide) groups is 1. The second-order valence-electron chi connectivity index (χ2n) is 4.05. The fraction of sp³-hybridized carbons (Fsp3) is 0.188. The normalized spacial score (nSPS) is 12.4. The summed E-state index contributed by atoms with van der Waals surface area (Å²) in [7, 11) is 0. The van der Waals surface area contributed by atoms with Crippen molar-refractivity contribution in [2.75, 3.05) is 5.88 Å². The van der Waals surface area contributed by atoms with E-state index in [2.05, 4.69) is 6.58 Å². The van der Waals surface area contributed by atoms with Gasteiger partial charge in [0.2, 0.25) is 0 Å². The molecule has 0 saturated carbocycles. The lowest BCUT2D eigenvalue weighted by atomic mass is 10.1. The zero-order chi connectivity index (χ0) is 15.8. The highest BCUT2D eigenvalue weighted by molar-refractivity contribution is 8.03. The lowest BCUT2D eigenvalue weighted by molar-refractivity contribution is 0.401. The molecule has 1 rings (SSSR count). The molecule has 0 bridgehead atoms. The van der Waals surface area contributed by atoms with Gasteiger partial charge in [0.05, 0.1) is 5.88 Å². The molecule has 0 atom stereocenters. The fourth-order valence-corrected chi connectivity index (χ4v) is 2.23. The average Bonchev–Trinajstić information content (AvgIpc) is 2.49. The van der Waals surface area contributed by atoms with Crippen molar-refractivity contribution in [1.82, 2.24) is 0 Å². The first-order valence-electron chi connectivity index (χ1n) is 6.15. The van der Waals surface area contributed by atoms with Gasteiger partial charge in [0.1, 0.15) is 11.2 Å². The highest BCUT2D eigenvalue weighted by atomic mass is 35.5. The van der Waals surface area contributed by atoms with Crippen molar-refractivity contribution in [3.8, 4) is 11.2 Å². The Morgan fingerprint density at radius 2 is 2.29 bits per heavy atom. The number of ether oxygens (including phenoxy) is 1. The van der Waals surface area contributed by atoms with Gasteiger partial charge >= 0.3 is 0 Å². The minimum absolute atomic E-state index is 0.0814. The van der Waals surface area contributed by atoms with Gasteiger partial charge in [-0.15, -0.1) is 11.6 Å². The van der Waals surface area contributed by atoms with Gasteiger partial charge < -0.3 is 4.74 Å². The van der Waals surface area contributed by atoms with Crippen molar-refractivity contribution in [2.24, 2.45) is 0 Å². The van der Waals surface area contributed by atoms with Gasteiger partial charge in [0.15, 0.2) is 11.6 Å². The molecule has 0 amide bonds. The van der Waals surface area contributed by atoms with Crippen LogP contribution in [0.5, 0.6) is 5.75 Å². The number of alkyl halides is 1. The molecule has 21 heavy (non-hydrogen) atoms. The number of benzene rings is 1. The number of allylic oxidation sites excluding steroid dienone is 4. The van der Waals surface area contributed by atoms with Crippen LogP contribution in [0.1, 0.15) is 13.8 Å². The Hall–Kier alpha value is -1.70. The summed E-state index contributed by atoms with van der Waals surface area (Å²) in [6, 6.07) is 4.39. The second-order valence-corrected chi connectivity index (χ2v) is 5.18. The fourth-order valence-electron chi connectivity index (χ4n) is 1.55. The molecule has 1 aromatic rings. The molecule has 110 valence electrons. The summed E-state index contributed by atoms with van der Waals surface area (Å²) < 4.78 is 19.7. The Labute approximate surface area is 133 Å². The number of thiocyanates is 1. The van der Waals surface area contributed by atoms with E-state index in [1.807, 2.05) is 25.3 Å². The minimum atomic E-state index is -0.533. The first-order chi connectivity index (χ1) is 10.1. The molecule has 0 unspecified atom stereocenters. The van der Waals surface area contributed by atoms with E-state index < -0.39 is 5.82 Å². The van der Waals surface area contributed by atoms with E-state index in [1.54, 1.807) is 12.1 Å². The Bertz CT molecular complexity index is 632. The Balaban J connectivity index is 3.17. The van der Waals surface area contributed by atoms with Gasteiger partial charge in [-0.2, -0.15) is 5.26 Å². The SMILES string of the molecule is C=C/C(C)=C(Oc1ccc(SC#N)cc1F)\C(=C/C)CCl. The molecule has 0 spiro atoms. The first kappa shape index (κ1) is 17.4. The predicted molar refractivity (Wildman–Crippen MR) is 85.9 cm³/mol. The average molecular weight is 324 g/mol. The third-order valence-corrected chi connectivity index (χ3v) is 3.60. The van der Waals surface area contributed by atoms with Crippen LogP contribution in [0.3, 0.4) is 0 Å². The van der Waals surface area contributed by atoms with E-state index in [9.17, 15) is 4.39 Å². The molecule has 0 fully saturated rings. The quantitative estimate of drug-likeness (QED) is 0.230. The number of nitrogens with zero attached hydrogens (tertiary/aromatic N) is 1. The van der Waals surface area contributed by atoms with Crippen molar-refractivity contribution < 1.29 is 9.13 Å². The second kappa shape index (κ2) is 8.56. The molecule has 0 heterocycles. The van der Waals surface area contributed by atoms with Gasteiger partial charge in [-0.1, -0.05) is 18.7 Å². The van der Waals surface area contributed by atoms with E-state index >= 15 is 0 Å². The highest BCUT2D eigenvalue weighted by Crippen LogP contribution is 2.28. The monoisotopic (exact) mass is 323 g/mol. The molecule has 0 aromatic heterocycles. The summed E-state index contributed by atoms with van der Waals surface area (Å²) in [5.41, 5.74) is 1.52. The van der Waals surface area contributed by atoms with Crippen LogP contribution in [0, 0.1) is 16.5 Å². The number of hydrogen-bond acceptors (Lipinski definition) is 3. The van der Waals surface area contributed by atoms with E-state index in [0.717, 1.165) is 22.9 Å². The molecule has 0 saturated heterocycles. The Kier molecular flexibility index (Phi) is 7.07. The molecule has 0 aliphatic rings. The van der Waals surface area contributed by atoms with Gasteiger partial charge in [-0.25, -0.2) is 4.39 Å². The van der Waals surface area contributed by atoms with Crippen LogP contribution >= 0.6 is 23.4 Å². The largest absolute Gasteiger partial charge is 0.454 e. The lowest BCUT2D eigenvalue weighted by Crippen LogP contribution is -2.04. The van der Waals surface area contributed by atoms with E-state index in [4.69, 9.17) is 21.6 Å². The van der Waals surface area contributed by atoms with Gasteiger partial charge in [0, 0.05) is 10.5 Å². The smallest absolute Gasteiger partial charge is 0.166 e. The molecular formula is C16H15ClFNOS. The van der Waals surface area contributed by atoms with E-state index in [-0.39, 0.29) is 11.6 Å². The molecule has 0 N–H and O–H groups in total. The molecule has 0 aliphatic carbocycles. The third-order valence-electron chi connectivity index (χ3n) is 2.73. The maximum absolute atomic E-state index is 14.0. The van der Waals surface area contributed by atoms with Crippen molar-refractivity contribution in [2.45, 2.75) is 18.7 Å². The molecule has 1 aromatic carbocycles. The van der Waals surface area contributed by atoms with Crippen molar-refractivity contribution in [3.63, 3.8) is 0 Å². The zero-order valence-corrected chi connectivity index (χ0v) is 13.4. The Morgan fingerprint density at radius 3 is 2.76 bits per heavy atom. The number of halogens is 2. The van der Waals surface area contributed by atoms with Crippen molar-refractivity contribution >= 4 is 23.4 Å². The first-order valence-corrected chi connectivity index (χ1v) is 7.50. The molecule has 0 aliphatic heterocycles. The summed E-state index contributed by atoms with van der Waals surface area (Å²) in [5, 5.41) is 10.5. The summed E-state index contributed by atoms with van der Waals surface area (Å²) in [5.74, 6) is 0.288. The van der Waals surface area contributed by atoms with Crippen LogP contribution in [0.2, 0.25) is 0 Å². The van der Waals surface area contributed by atoms with Crippen LogP contribution in [0.15, 0.2) is 58.7 Å². The minimum Gasteiger partial charge on any atom is -0.454 e. The summed E-state index contributed by atoms with van der Waals surface area (Å²) >= 11 is 6.78. The molecule has 2 nitrogen and oxygen atoms in total. The lowest BCUT2D eigenvalue weighted by Gasteiger charge is -2.15. The third kappa shape index (κ3) is 4.66. The summed E-state index contributed by atoms with van der Waals surface area (Å²) in [6.07, 6.45) is 3.44. The van der Waals surface area contributed by atoms with Crippen LogP contribution in [-0.2, 0) is 0 Å². The van der Waals surface area contributed by atoms with Crippen LogP contribution < -0.4 is 4.74 Å². The van der Waals surface area contributed by atoms with E-state index in [0.29, 0.717) is 10.7 Å². The predicted octanol–water partition coefficient (Wildman–Crippen LogP) is 5.42. The van der Waals surface area contributed by atoms with Crippen LogP contribution in [-0.4, -0.2) is 5.88 Å². The topological polar surface area (TPSA) is 33.0 Å². The molecular weight excluding hydrogens is 309 g/mol. The van der Waals surface area contributed by atoms with E-state index in [1.165, 1.54) is 12.1 Å². The highest BCUT2D eigenvalue weighted by Gasteiger charge is 2.13. The van der Waals surface area contributed by atoms with Gasteiger partial charge in [0.25, 0.3) is 0 Å².